The van der Waals surface area contributed by atoms with Crippen LogP contribution in [0.1, 0.15) is 39.1 Å². The van der Waals surface area contributed by atoms with Crippen LogP contribution in [0.4, 0.5) is 0 Å². The van der Waals surface area contributed by atoms with E-state index in [1.165, 1.54) is 0 Å². The van der Waals surface area contributed by atoms with Crippen LogP contribution in [0.5, 0.6) is 0 Å². The molecule has 7 nitrogen and oxygen atoms in total. The van der Waals surface area contributed by atoms with E-state index < -0.39 is 6.04 Å². The van der Waals surface area contributed by atoms with Crippen LogP contribution in [-0.4, -0.2) is 32.6 Å². The molecular weight excluding hydrogens is 208 g/mol. The Balaban J connectivity index is 2.45. The van der Waals surface area contributed by atoms with Crippen molar-refractivity contribution in [3.8, 4) is 0 Å². The fraction of sp³-hybridized carbons (Fsp3) is 0.778. The Labute approximate surface area is 94.2 Å². The minimum Gasteiger partial charge on any atom is -0.345 e. The summed E-state index contributed by atoms with van der Waals surface area (Å²) in [5.41, 5.74) is 5.74. The van der Waals surface area contributed by atoms with Gasteiger partial charge in [-0.05, 0) is 19.3 Å². The van der Waals surface area contributed by atoms with E-state index in [0.717, 1.165) is 0 Å². The normalized spacial score (nSPS) is 14.8. The van der Waals surface area contributed by atoms with Crippen LogP contribution in [0.15, 0.2) is 0 Å². The molecule has 0 aliphatic heterocycles. The largest absolute Gasteiger partial charge is 0.345 e. The Hall–Kier alpha value is -1.50. The predicted octanol–water partition coefficient (Wildman–Crippen LogP) is -0.250. The molecule has 0 fully saturated rings. The molecule has 0 spiro atoms. The van der Waals surface area contributed by atoms with Crippen LogP contribution in [0, 0.1) is 5.92 Å². The molecule has 90 valence electrons. The van der Waals surface area contributed by atoms with Crippen molar-refractivity contribution in [2.45, 2.75) is 39.3 Å². The van der Waals surface area contributed by atoms with Gasteiger partial charge in [0, 0.05) is 0 Å². The Morgan fingerprint density at radius 2 is 2.19 bits per heavy atom. The number of carbonyl (C=O) groups is 1. The number of nitrogens with two attached hydrogens (primary N) is 1. The first-order valence-corrected chi connectivity index (χ1v) is 5.30. The molecule has 7 heteroatoms. The van der Waals surface area contributed by atoms with Crippen molar-refractivity contribution < 1.29 is 4.79 Å². The van der Waals surface area contributed by atoms with Gasteiger partial charge in [0.1, 0.15) is 0 Å². The fourth-order valence-corrected chi connectivity index (χ4v) is 1.35. The van der Waals surface area contributed by atoms with Gasteiger partial charge in [-0.1, -0.05) is 19.1 Å². The van der Waals surface area contributed by atoms with Gasteiger partial charge in [-0.25, -0.2) is 0 Å². The maximum atomic E-state index is 11.7. The molecule has 0 aliphatic rings. The molecule has 0 saturated carbocycles. The number of amides is 1. The Bertz CT molecular complexity index is 323. The highest BCUT2D eigenvalue weighted by Crippen LogP contribution is 2.06. The first-order valence-electron chi connectivity index (χ1n) is 5.30. The molecule has 2 atom stereocenters. The van der Waals surface area contributed by atoms with Crippen molar-refractivity contribution in [3.05, 3.63) is 5.82 Å². The number of hydrogen-bond acceptors (Lipinski definition) is 5. The monoisotopic (exact) mass is 226 g/mol. The fourth-order valence-electron chi connectivity index (χ4n) is 1.35. The van der Waals surface area contributed by atoms with E-state index in [9.17, 15) is 4.79 Å². The highest BCUT2D eigenvalue weighted by molar-refractivity contribution is 5.81. The van der Waals surface area contributed by atoms with Gasteiger partial charge in [-0.2, -0.15) is 5.21 Å². The second-order valence-electron chi connectivity index (χ2n) is 4.24. The van der Waals surface area contributed by atoms with Gasteiger partial charge in [0.2, 0.25) is 5.91 Å². The van der Waals surface area contributed by atoms with E-state index in [2.05, 4.69) is 25.9 Å². The van der Waals surface area contributed by atoms with Gasteiger partial charge in [0.25, 0.3) is 0 Å². The first-order chi connectivity index (χ1) is 7.50. The zero-order valence-electron chi connectivity index (χ0n) is 9.77. The van der Waals surface area contributed by atoms with Crippen LogP contribution < -0.4 is 11.1 Å². The Kier molecular flexibility index (Phi) is 4.36. The first kappa shape index (κ1) is 12.6. The minimum absolute atomic E-state index is 0.189. The van der Waals surface area contributed by atoms with Gasteiger partial charge < -0.3 is 11.1 Å². The van der Waals surface area contributed by atoms with Crippen molar-refractivity contribution in [1.82, 2.24) is 25.9 Å². The summed E-state index contributed by atoms with van der Waals surface area (Å²) in [6, 6.07) is -0.779. The average molecular weight is 226 g/mol. The number of carbonyl (C=O) groups excluding carboxylic acids is 1. The molecule has 4 N–H and O–H groups in total. The number of H-pyrrole nitrogens is 1. The van der Waals surface area contributed by atoms with E-state index >= 15 is 0 Å². The van der Waals surface area contributed by atoms with Crippen molar-refractivity contribution in [2.24, 2.45) is 11.7 Å². The van der Waals surface area contributed by atoms with Gasteiger partial charge in [0.05, 0.1) is 12.1 Å². The summed E-state index contributed by atoms with van der Waals surface area (Å²) in [7, 11) is 0. The number of aromatic amines is 1. The van der Waals surface area contributed by atoms with Crippen LogP contribution in [0.3, 0.4) is 0 Å². The SMILES string of the molecule is CC(C)C[C@@H](N)C(=O)NC(C)c1nn[nH]n1. The summed E-state index contributed by atoms with van der Waals surface area (Å²) in [4.78, 5) is 11.7. The molecule has 0 saturated heterocycles. The van der Waals surface area contributed by atoms with Crippen molar-refractivity contribution in [1.29, 1.82) is 0 Å². The van der Waals surface area contributed by atoms with Gasteiger partial charge >= 0.3 is 0 Å². The Morgan fingerprint density at radius 1 is 1.50 bits per heavy atom. The number of nitrogens with one attached hydrogen (secondary N) is 2. The van der Waals surface area contributed by atoms with Crippen molar-refractivity contribution in [3.63, 3.8) is 0 Å². The summed E-state index contributed by atoms with van der Waals surface area (Å²) in [6.07, 6.45) is 0.658. The topological polar surface area (TPSA) is 110 Å². The van der Waals surface area contributed by atoms with E-state index in [1.54, 1.807) is 6.92 Å². The number of nitrogens with zero attached hydrogens (tertiary/aromatic N) is 3. The highest BCUT2D eigenvalue weighted by atomic mass is 16.2. The molecule has 1 heterocycles. The zero-order valence-corrected chi connectivity index (χ0v) is 9.77. The van der Waals surface area contributed by atoms with Gasteiger partial charge in [-0.3, -0.25) is 4.79 Å². The lowest BCUT2D eigenvalue weighted by atomic mass is 10.0. The molecular formula is C9H18N6O. The number of tetrazole rings is 1. The van der Waals surface area contributed by atoms with Gasteiger partial charge in [0.15, 0.2) is 5.82 Å². The summed E-state index contributed by atoms with van der Waals surface area (Å²) < 4.78 is 0. The molecule has 1 rings (SSSR count). The van der Waals surface area contributed by atoms with E-state index in [4.69, 9.17) is 5.73 Å². The number of hydrogen-bond donors (Lipinski definition) is 3. The third-order valence-corrected chi connectivity index (χ3v) is 2.17. The molecule has 0 aliphatic carbocycles. The van der Waals surface area contributed by atoms with Crippen molar-refractivity contribution in [2.75, 3.05) is 0 Å². The summed E-state index contributed by atoms with van der Waals surface area (Å²) >= 11 is 0. The minimum atomic E-state index is -0.491. The highest BCUT2D eigenvalue weighted by Gasteiger charge is 2.19. The smallest absolute Gasteiger partial charge is 0.237 e. The summed E-state index contributed by atoms with van der Waals surface area (Å²) in [5.74, 6) is 0.650. The maximum Gasteiger partial charge on any atom is 0.237 e. The average Bonchev–Trinajstić information content (AvgIpc) is 2.68. The molecule has 0 aromatic carbocycles. The summed E-state index contributed by atoms with van der Waals surface area (Å²) in [6.45, 7) is 5.83. The van der Waals surface area contributed by atoms with Crippen LogP contribution in [0.25, 0.3) is 0 Å². The molecule has 0 bridgehead atoms. The van der Waals surface area contributed by atoms with Crippen LogP contribution >= 0.6 is 0 Å². The lowest BCUT2D eigenvalue weighted by Gasteiger charge is -2.16. The lowest BCUT2D eigenvalue weighted by Crippen LogP contribution is -2.42. The van der Waals surface area contributed by atoms with Crippen LogP contribution in [-0.2, 0) is 4.79 Å². The second kappa shape index (κ2) is 5.55. The predicted molar refractivity (Wildman–Crippen MR) is 58.2 cm³/mol. The van der Waals surface area contributed by atoms with E-state index in [-0.39, 0.29) is 11.9 Å². The third-order valence-electron chi connectivity index (χ3n) is 2.17. The molecule has 1 aromatic rings. The van der Waals surface area contributed by atoms with Crippen molar-refractivity contribution >= 4 is 5.91 Å². The number of rotatable bonds is 5. The zero-order chi connectivity index (χ0) is 12.1. The third kappa shape index (κ3) is 3.58. The van der Waals surface area contributed by atoms with E-state index in [1.807, 2.05) is 13.8 Å². The molecule has 0 radical (unpaired) electrons. The second-order valence-corrected chi connectivity index (χ2v) is 4.24. The lowest BCUT2D eigenvalue weighted by molar-refractivity contribution is -0.123. The standard InChI is InChI=1S/C9H18N6O/c1-5(2)4-7(10)9(16)11-6(3)8-12-14-15-13-8/h5-7H,4,10H2,1-3H3,(H,11,16)(H,12,13,14,15)/t6?,7-/m1/s1. The molecule has 1 amide bonds. The molecule has 1 aromatic heterocycles. The molecule has 16 heavy (non-hydrogen) atoms. The van der Waals surface area contributed by atoms with E-state index in [0.29, 0.717) is 18.2 Å². The maximum absolute atomic E-state index is 11.7. The number of aromatic nitrogens is 4. The Morgan fingerprint density at radius 3 is 2.69 bits per heavy atom. The summed E-state index contributed by atoms with van der Waals surface area (Å²) in [5, 5.41) is 16.1. The van der Waals surface area contributed by atoms with Gasteiger partial charge in [-0.15, -0.1) is 10.2 Å². The quantitative estimate of drug-likeness (QED) is 0.641. The van der Waals surface area contributed by atoms with Crippen LogP contribution in [0.2, 0.25) is 0 Å². The molecule has 1 unspecified atom stereocenters.